The van der Waals surface area contributed by atoms with Gasteiger partial charge in [-0.3, -0.25) is 0 Å². The van der Waals surface area contributed by atoms with Crippen LogP contribution < -0.4 is 0 Å². The molecular formula is C49H31N3O. The second-order valence-corrected chi connectivity index (χ2v) is 13.2. The van der Waals surface area contributed by atoms with Crippen LogP contribution in [0.2, 0.25) is 0 Å². The molecule has 53 heavy (non-hydrogen) atoms. The third-order valence-corrected chi connectivity index (χ3v) is 9.97. The predicted octanol–water partition coefficient (Wildman–Crippen LogP) is 12.9. The quantitative estimate of drug-likeness (QED) is 0.176. The third kappa shape index (κ3) is 5.63. The molecule has 0 aliphatic rings. The molecule has 4 nitrogen and oxygen atoms in total. The summed E-state index contributed by atoms with van der Waals surface area (Å²) in [7, 11) is 0. The summed E-state index contributed by atoms with van der Waals surface area (Å²) >= 11 is 0. The summed E-state index contributed by atoms with van der Waals surface area (Å²) in [6.07, 6.45) is 0. The van der Waals surface area contributed by atoms with Crippen molar-refractivity contribution in [2.24, 2.45) is 0 Å². The molecule has 10 rings (SSSR count). The van der Waals surface area contributed by atoms with E-state index in [1.807, 2.05) is 42.5 Å². The van der Waals surface area contributed by atoms with Gasteiger partial charge in [-0.15, -0.1) is 0 Å². The number of hydrogen-bond acceptors (Lipinski definition) is 4. The predicted molar refractivity (Wildman–Crippen MR) is 217 cm³/mol. The van der Waals surface area contributed by atoms with Gasteiger partial charge in [-0.2, -0.15) is 0 Å². The van der Waals surface area contributed by atoms with E-state index >= 15 is 0 Å². The third-order valence-electron chi connectivity index (χ3n) is 9.97. The van der Waals surface area contributed by atoms with Crippen LogP contribution in [-0.2, 0) is 0 Å². The van der Waals surface area contributed by atoms with E-state index in [0.717, 1.165) is 60.9 Å². The molecule has 0 spiro atoms. The first-order valence-corrected chi connectivity index (χ1v) is 17.8. The number of hydrogen-bond donors (Lipinski definition) is 0. The van der Waals surface area contributed by atoms with Crippen LogP contribution in [0.5, 0.6) is 0 Å². The van der Waals surface area contributed by atoms with E-state index < -0.39 is 0 Å². The van der Waals surface area contributed by atoms with E-state index in [1.54, 1.807) is 0 Å². The van der Waals surface area contributed by atoms with Crippen molar-refractivity contribution in [3.63, 3.8) is 0 Å². The van der Waals surface area contributed by atoms with E-state index in [1.165, 1.54) is 21.9 Å². The van der Waals surface area contributed by atoms with Gasteiger partial charge in [0.1, 0.15) is 11.2 Å². The second kappa shape index (κ2) is 12.9. The van der Waals surface area contributed by atoms with Crippen molar-refractivity contribution >= 4 is 32.7 Å². The van der Waals surface area contributed by atoms with E-state index in [4.69, 9.17) is 19.4 Å². The van der Waals surface area contributed by atoms with Crippen LogP contribution in [0.4, 0.5) is 0 Å². The van der Waals surface area contributed by atoms with Crippen molar-refractivity contribution in [2.75, 3.05) is 0 Å². The lowest BCUT2D eigenvalue weighted by atomic mass is 9.97. The SMILES string of the molecule is c1ccc(-c2nc(-c3ccc(-c4ccc5oc6cccc(-c7ccccc7)c6c5c4)cc3)nc(-c3ccc(-c4cccc5ccccc45)cc3)n2)cc1. The topological polar surface area (TPSA) is 51.8 Å². The van der Waals surface area contributed by atoms with Crippen LogP contribution in [0.25, 0.3) is 100 Å². The lowest BCUT2D eigenvalue weighted by molar-refractivity contribution is 0.669. The number of nitrogens with zero attached hydrogens (tertiary/aromatic N) is 3. The average Bonchev–Trinajstić information content (AvgIpc) is 3.62. The standard InChI is InChI=1S/C49H31N3O/c1-3-11-34(12-4-1)42-19-10-20-45-46(42)43-31-39(29-30-44(43)53-45)32-21-25-37(26-22-32)48-50-47(36-14-5-2-6-15-36)51-49(52-48)38-27-23-35(24-28-38)41-18-9-16-33-13-7-8-17-40(33)41/h1-31H. The second-order valence-electron chi connectivity index (χ2n) is 13.2. The molecule has 10 aromatic rings. The molecule has 0 radical (unpaired) electrons. The van der Waals surface area contributed by atoms with Gasteiger partial charge in [0.15, 0.2) is 17.5 Å². The van der Waals surface area contributed by atoms with E-state index in [-0.39, 0.29) is 0 Å². The lowest BCUT2D eigenvalue weighted by Crippen LogP contribution is -2.00. The first kappa shape index (κ1) is 30.6. The van der Waals surface area contributed by atoms with Gasteiger partial charge in [0.2, 0.25) is 0 Å². The molecule has 0 bridgehead atoms. The van der Waals surface area contributed by atoms with Crippen LogP contribution in [0.15, 0.2) is 192 Å². The Bertz CT molecular complexity index is 2910. The highest BCUT2D eigenvalue weighted by atomic mass is 16.3. The highest BCUT2D eigenvalue weighted by Gasteiger charge is 2.16. The smallest absolute Gasteiger partial charge is 0.164 e. The molecule has 2 aromatic heterocycles. The Morgan fingerprint density at radius 2 is 0.792 bits per heavy atom. The molecule has 0 atom stereocenters. The number of furan rings is 1. The monoisotopic (exact) mass is 677 g/mol. The Hall–Kier alpha value is -7.17. The van der Waals surface area contributed by atoms with Crippen LogP contribution in [-0.4, -0.2) is 15.0 Å². The normalized spacial score (nSPS) is 11.4. The molecule has 248 valence electrons. The van der Waals surface area contributed by atoms with Crippen molar-refractivity contribution in [3.05, 3.63) is 188 Å². The molecule has 0 aliphatic heterocycles. The van der Waals surface area contributed by atoms with E-state index in [2.05, 4.69) is 146 Å². The molecule has 2 heterocycles. The van der Waals surface area contributed by atoms with Crippen LogP contribution in [0, 0.1) is 0 Å². The number of fused-ring (bicyclic) bond motifs is 4. The minimum Gasteiger partial charge on any atom is -0.456 e. The van der Waals surface area contributed by atoms with Crippen LogP contribution >= 0.6 is 0 Å². The summed E-state index contributed by atoms with van der Waals surface area (Å²) in [5.74, 6) is 1.90. The van der Waals surface area contributed by atoms with Crippen molar-refractivity contribution in [1.82, 2.24) is 15.0 Å². The van der Waals surface area contributed by atoms with Crippen LogP contribution in [0.3, 0.4) is 0 Å². The lowest BCUT2D eigenvalue weighted by Gasteiger charge is -2.10. The summed E-state index contributed by atoms with van der Waals surface area (Å²) in [5, 5.41) is 4.68. The zero-order chi connectivity index (χ0) is 35.1. The van der Waals surface area contributed by atoms with Gasteiger partial charge >= 0.3 is 0 Å². The number of aromatic nitrogens is 3. The van der Waals surface area contributed by atoms with Gasteiger partial charge in [-0.1, -0.05) is 170 Å². The fourth-order valence-corrected chi connectivity index (χ4v) is 7.30. The highest BCUT2D eigenvalue weighted by Crippen LogP contribution is 2.39. The molecule has 4 heteroatoms. The van der Waals surface area contributed by atoms with Crippen LogP contribution in [0.1, 0.15) is 0 Å². The van der Waals surface area contributed by atoms with Gasteiger partial charge < -0.3 is 4.42 Å². The fraction of sp³-hybridized carbons (Fsp3) is 0. The van der Waals surface area contributed by atoms with Crippen molar-refractivity contribution in [3.8, 4) is 67.5 Å². The first-order chi connectivity index (χ1) is 26.2. The summed E-state index contributed by atoms with van der Waals surface area (Å²) < 4.78 is 6.30. The molecule has 0 N–H and O–H groups in total. The maximum atomic E-state index is 6.30. The van der Waals surface area contributed by atoms with Crippen molar-refractivity contribution < 1.29 is 4.42 Å². The Morgan fingerprint density at radius 3 is 1.49 bits per heavy atom. The maximum Gasteiger partial charge on any atom is 0.164 e. The van der Waals surface area contributed by atoms with E-state index in [0.29, 0.717) is 17.5 Å². The van der Waals surface area contributed by atoms with Gasteiger partial charge in [0, 0.05) is 27.5 Å². The fourth-order valence-electron chi connectivity index (χ4n) is 7.30. The highest BCUT2D eigenvalue weighted by molar-refractivity contribution is 6.13. The van der Waals surface area contributed by atoms with Gasteiger partial charge in [-0.05, 0) is 62.4 Å². The van der Waals surface area contributed by atoms with Gasteiger partial charge in [-0.25, -0.2) is 15.0 Å². The summed E-state index contributed by atoms with van der Waals surface area (Å²) in [6, 6.07) is 65.2. The minimum atomic E-state index is 0.627. The Balaban J connectivity index is 1.02. The van der Waals surface area contributed by atoms with Gasteiger partial charge in [0.05, 0.1) is 0 Å². The maximum absolute atomic E-state index is 6.30. The molecule has 0 saturated heterocycles. The first-order valence-electron chi connectivity index (χ1n) is 17.8. The van der Waals surface area contributed by atoms with E-state index in [9.17, 15) is 0 Å². The Labute approximate surface area is 306 Å². The number of benzene rings is 8. The molecule has 8 aromatic carbocycles. The zero-order valence-electron chi connectivity index (χ0n) is 28.6. The molecular weight excluding hydrogens is 647 g/mol. The summed E-state index contributed by atoms with van der Waals surface area (Å²) in [5.41, 5.74) is 11.5. The van der Waals surface area contributed by atoms with Crippen molar-refractivity contribution in [1.29, 1.82) is 0 Å². The Morgan fingerprint density at radius 1 is 0.302 bits per heavy atom. The molecule has 0 aliphatic carbocycles. The summed E-state index contributed by atoms with van der Waals surface area (Å²) in [4.78, 5) is 15.0. The molecule has 0 unspecified atom stereocenters. The van der Waals surface area contributed by atoms with Gasteiger partial charge in [0.25, 0.3) is 0 Å². The van der Waals surface area contributed by atoms with Crippen molar-refractivity contribution in [2.45, 2.75) is 0 Å². The largest absolute Gasteiger partial charge is 0.456 e. The Kier molecular flexibility index (Phi) is 7.43. The molecule has 0 amide bonds. The molecule has 0 fully saturated rings. The number of rotatable bonds is 6. The molecule has 0 saturated carbocycles. The minimum absolute atomic E-state index is 0.627. The zero-order valence-corrected chi connectivity index (χ0v) is 28.6. The average molecular weight is 678 g/mol. The summed E-state index contributed by atoms with van der Waals surface area (Å²) in [6.45, 7) is 0.